The topological polar surface area (TPSA) is 135 Å². The van der Waals surface area contributed by atoms with Gasteiger partial charge in [-0.05, 0) is 68.3 Å². The lowest BCUT2D eigenvalue weighted by Gasteiger charge is -2.12. The number of hydrogen-bond acceptors (Lipinski definition) is 6. The average Bonchev–Trinajstić information content (AvgIpc) is 3.41. The molecule has 0 aliphatic heterocycles. The van der Waals surface area contributed by atoms with Crippen molar-refractivity contribution in [2.24, 2.45) is 0 Å². The van der Waals surface area contributed by atoms with Crippen molar-refractivity contribution in [3.8, 4) is 0 Å². The van der Waals surface area contributed by atoms with Gasteiger partial charge in [-0.15, -0.1) is 0 Å². The predicted molar refractivity (Wildman–Crippen MR) is 118 cm³/mol. The zero-order valence-corrected chi connectivity index (χ0v) is 18.0. The van der Waals surface area contributed by atoms with Crippen molar-refractivity contribution in [1.29, 1.82) is 0 Å². The summed E-state index contributed by atoms with van der Waals surface area (Å²) in [4.78, 5) is 28.7. The van der Waals surface area contributed by atoms with Crippen LogP contribution in [0.1, 0.15) is 36.2 Å². The lowest BCUT2D eigenvalue weighted by atomic mass is 10.2. The van der Waals surface area contributed by atoms with Crippen LogP contribution in [0, 0.1) is 0 Å². The highest BCUT2D eigenvalue weighted by molar-refractivity contribution is 7.89. The third kappa shape index (κ3) is 5.18. The number of carbonyl (C=O) groups excluding carboxylic acids is 2. The van der Waals surface area contributed by atoms with E-state index in [-0.39, 0.29) is 22.8 Å². The van der Waals surface area contributed by atoms with Crippen LogP contribution in [0.25, 0.3) is 0 Å². The first-order valence-corrected chi connectivity index (χ1v) is 11.5. The molecule has 0 bridgehead atoms. The molecule has 0 saturated heterocycles. The van der Waals surface area contributed by atoms with Gasteiger partial charge in [0, 0.05) is 23.0 Å². The number of anilines is 2. The van der Waals surface area contributed by atoms with Crippen LogP contribution >= 0.6 is 0 Å². The van der Waals surface area contributed by atoms with E-state index in [4.69, 9.17) is 0 Å². The summed E-state index contributed by atoms with van der Waals surface area (Å²) in [6.07, 6.45) is 4.53. The summed E-state index contributed by atoms with van der Waals surface area (Å²) >= 11 is 0. The lowest BCUT2D eigenvalue weighted by Crippen LogP contribution is -2.25. The van der Waals surface area contributed by atoms with E-state index in [1.54, 1.807) is 31.2 Å². The number of amides is 2. The van der Waals surface area contributed by atoms with E-state index in [0.717, 1.165) is 12.8 Å². The van der Waals surface area contributed by atoms with Gasteiger partial charge in [0.05, 0.1) is 4.90 Å². The minimum absolute atomic E-state index is 0.0153. The van der Waals surface area contributed by atoms with E-state index < -0.39 is 16.1 Å². The third-order valence-corrected chi connectivity index (χ3v) is 6.49. The van der Waals surface area contributed by atoms with Crippen molar-refractivity contribution in [3.63, 3.8) is 0 Å². The predicted octanol–water partition coefficient (Wildman–Crippen LogP) is 2.17. The van der Waals surface area contributed by atoms with E-state index in [1.807, 2.05) is 0 Å². The smallest absolute Gasteiger partial charge is 0.255 e. The number of hydrogen-bond donors (Lipinski definition) is 3. The van der Waals surface area contributed by atoms with E-state index in [0.29, 0.717) is 16.9 Å². The zero-order chi connectivity index (χ0) is 22.7. The summed E-state index contributed by atoms with van der Waals surface area (Å²) in [6, 6.07) is 11.9. The molecule has 0 radical (unpaired) electrons. The highest BCUT2D eigenvalue weighted by Gasteiger charge is 2.28. The van der Waals surface area contributed by atoms with Crippen LogP contribution in [0.5, 0.6) is 0 Å². The van der Waals surface area contributed by atoms with Crippen LogP contribution in [-0.4, -0.2) is 41.0 Å². The molecule has 1 aliphatic carbocycles. The number of nitrogens with one attached hydrogen (secondary N) is 3. The first-order chi connectivity index (χ1) is 15.3. The molecule has 3 N–H and O–H groups in total. The molecule has 1 atom stereocenters. The highest BCUT2D eigenvalue weighted by atomic mass is 32.2. The van der Waals surface area contributed by atoms with Crippen molar-refractivity contribution in [2.75, 3.05) is 10.6 Å². The second-order valence-electron chi connectivity index (χ2n) is 7.49. The van der Waals surface area contributed by atoms with Crippen molar-refractivity contribution in [2.45, 2.75) is 36.7 Å². The van der Waals surface area contributed by atoms with Gasteiger partial charge >= 0.3 is 0 Å². The van der Waals surface area contributed by atoms with Crippen molar-refractivity contribution in [3.05, 3.63) is 66.7 Å². The van der Waals surface area contributed by atoms with E-state index in [9.17, 15) is 18.0 Å². The second kappa shape index (κ2) is 8.89. The maximum atomic E-state index is 12.5. The molecular formula is C21H22N6O4S. The van der Waals surface area contributed by atoms with Crippen LogP contribution in [0.3, 0.4) is 0 Å². The first kappa shape index (κ1) is 21.7. The summed E-state index contributed by atoms with van der Waals surface area (Å²) in [6.45, 7) is 1.71. The quantitative estimate of drug-likeness (QED) is 0.477. The van der Waals surface area contributed by atoms with Gasteiger partial charge in [0.2, 0.25) is 15.9 Å². The van der Waals surface area contributed by atoms with Gasteiger partial charge in [-0.1, -0.05) is 0 Å². The molecule has 2 amide bonds. The Morgan fingerprint density at radius 3 is 2.19 bits per heavy atom. The van der Waals surface area contributed by atoms with Crippen LogP contribution in [-0.2, 0) is 14.8 Å². The Kier molecular flexibility index (Phi) is 6.01. The minimum atomic E-state index is -3.56. The number of aromatic nitrogens is 3. The molecular weight excluding hydrogens is 432 g/mol. The summed E-state index contributed by atoms with van der Waals surface area (Å²) < 4.78 is 28.5. The number of rotatable bonds is 8. The summed E-state index contributed by atoms with van der Waals surface area (Å²) in [5, 5.41) is 9.47. The number of nitrogens with zero attached hydrogens (tertiary/aromatic N) is 3. The van der Waals surface area contributed by atoms with Gasteiger partial charge in [-0.3, -0.25) is 9.59 Å². The Morgan fingerprint density at radius 2 is 1.62 bits per heavy atom. The SMILES string of the molecule is CC(C(=O)Nc1ccc(NC(=O)c2ccc(S(=O)(=O)NC3CC3)cc2)cc1)n1cncn1. The Balaban J connectivity index is 1.34. The monoisotopic (exact) mass is 454 g/mol. The Hall–Kier alpha value is -3.57. The van der Waals surface area contributed by atoms with Gasteiger partial charge in [0.25, 0.3) is 5.91 Å². The molecule has 10 nitrogen and oxygen atoms in total. The van der Waals surface area contributed by atoms with Gasteiger partial charge in [0.1, 0.15) is 18.7 Å². The summed E-state index contributed by atoms with van der Waals surface area (Å²) in [5.41, 5.74) is 1.43. The fraction of sp³-hybridized carbons (Fsp3) is 0.238. The second-order valence-corrected chi connectivity index (χ2v) is 9.21. The van der Waals surface area contributed by atoms with Crippen LogP contribution in [0.15, 0.2) is 66.1 Å². The van der Waals surface area contributed by atoms with Crippen LogP contribution in [0.2, 0.25) is 0 Å². The number of carbonyl (C=O) groups is 2. The minimum Gasteiger partial charge on any atom is -0.324 e. The van der Waals surface area contributed by atoms with Crippen LogP contribution < -0.4 is 15.4 Å². The lowest BCUT2D eigenvalue weighted by molar-refractivity contribution is -0.119. The largest absolute Gasteiger partial charge is 0.324 e. The van der Waals surface area contributed by atoms with Crippen molar-refractivity contribution >= 4 is 33.2 Å². The highest BCUT2D eigenvalue weighted by Crippen LogP contribution is 2.22. The molecule has 32 heavy (non-hydrogen) atoms. The Morgan fingerprint density at radius 1 is 1.00 bits per heavy atom. The fourth-order valence-corrected chi connectivity index (χ4v) is 4.20. The molecule has 1 unspecified atom stereocenters. The standard InChI is InChI=1S/C21H22N6O4S/c1-14(27-13-22-12-23-27)20(28)24-16-4-6-17(7-5-16)25-21(29)15-2-10-19(11-3-15)32(30,31)26-18-8-9-18/h2-7,10-14,18,26H,8-9H2,1H3,(H,24,28)(H,25,29). The number of sulfonamides is 1. The molecule has 2 aromatic carbocycles. The summed E-state index contributed by atoms with van der Waals surface area (Å²) in [7, 11) is -3.56. The molecule has 1 aromatic heterocycles. The molecule has 1 heterocycles. The molecule has 4 rings (SSSR count). The molecule has 1 saturated carbocycles. The molecule has 11 heteroatoms. The van der Waals surface area contributed by atoms with Crippen molar-refractivity contribution in [1.82, 2.24) is 19.5 Å². The van der Waals surface area contributed by atoms with Gasteiger partial charge < -0.3 is 10.6 Å². The molecule has 3 aromatic rings. The van der Waals surface area contributed by atoms with E-state index >= 15 is 0 Å². The Bertz CT molecular complexity index is 1200. The molecule has 1 fully saturated rings. The van der Waals surface area contributed by atoms with Gasteiger partial charge in [-0.2, -0.15) is 5.10 Å². The fourth-order valence-electron chi connectivity index (χ4n) is 2.90. The zero-order valence-electron chi connectivity index (χ0n) is 17.2. The first-order valence-electron chi connectivity index (χ1n) is 10.0. The Labute approximate surface area is 185 Å². The maximum absolute atomic E-state index is 12.5. The summed E-state index contributed by atoms with van der Waals surface area (Å²) in [5.74, 6) is -0.626. The van der Waals surface area contributed by atoms with Gasteiger partial charge in [-0.25, -0.2) is 22.8 Å². The van der Waals surface area contributed by atoms with E-state index in [1.165, 1.54) is 41.6 Å². The van der Waals surface area contributed by atoms with Crippen molar-refractivity contribution < 1.29 is 18.0 Å². The average molecular weight is 455 g/mol. The normalized spacial score (nSPS) is 14.5. The molecule has 0 spiro atoms. The third-order valence-electron chi connectivity index (χ3n) is 4.95. The molecule has 166 valence electrons. The number of benzene rings is 2. The van der Waals surface area contributed by atoms with Crippen LogP contribution in [0.4, 0.5) is 11.4 Å². The van der Waals surface area contributed by atoms with Gasteiger partial charge in [0.15, 0.2) is 0 Å². The molecule has 1 aliphatic rings. The maximum Gasteiger partial charge on any atom is 0.255 e. The van der Waals surface area contributed by atoms with E-state index in [2.05, 4.69) is 25.4 Å².